The van der Waals surface area contributed by atoms with Crippen LogP contribution in [0.5, 0.6) is 0 Å². The van der Waals surface area contributed by atoms with Crippen molar-refractivity contribution in [3.8, 4) is 0 Å². The van der Waals surface area contributed by atoms with E-state index in [4.69, 9.17) is 17.3 Å². The Morgan fingerprint density at radius 1 is 1.52 bits per heavy atom. The number of rotatable bonds is 3. The van der Waals surface area contributed by atoms with E-state index in [-0.39, 0.29) is 12.2 Å². The summed E-state index contributed by atoms with van der Waals surface area (Å²) in [5, 5.41) is 7.44. The van der Waals surface area contributed by atoms with Gasteiger partial charge in [-0.1, -0.05) is 11.6 Å². The molecule has 23 heavy (non-hydrogen) atoms. The summed E-state index contributed by atoms with van der Waals surface area (Å²) in [5.41, 5.74) is 7.11. The lowest BCUT2D eigenvalue weighted by molar-refractivity contribution is 0.597. The molecule has 1 aliphatic heterocycles. The summed E-state index contributed by atoms with van der Waals surface area (Å²) in [7, 11) is 1.81. The van der Waals surface area contributed by atoms with E-state index in [2.05, 4.69) is 20.4 Å². The average molecular weight is 336 g/mol. The first-order valence-corrected chi connectivity index (χ1v) is 7.23. The van der Waals surface area contributed by atoms with Gasteiger partial charge in [0.15, 0.2) is 6.29 Å². The number of aryl methyl sites for hydroxylation is 1. The van der Waals surface area contributed by atoms with Crippen molar-refractivity contribution >= 4 is 23.1 Å². The summed E-state index contributed by atoms with van der Waals surface area (Å²) in [6, 6.07) is 2.86. The van der Waals surface area contributed by atoms with Crippen molar-refractivity contribution in [3.63, 3.8) is 0 Å². The van der Waals surface area contributed by atoms with Crippen LogP contribution < -0.4 is 16.0 Å². The molecule has 0 aromatic carbocycles. The minimum Gasteiger partial charge on any atom is -0.337 e. The number of aromatic nitrogens is 3. The molecule has 2 aromatic rings. The molecule has 2 aromatic heterocycles. The van der Waals surface area contributed by atoms with E-state index in [9.17, 15) is 4.39 Å². The predicted octanol–water partition coefficient (Wildman–Crippen LogP) is 1.28. The van der Waals surface area contributed by atoms with Crippen LogP contribution in [0.25, 0.3) is 0 Å². The molecule has 0 saturated heterocycles. The lowest BCUT2D eigenvalue weighted by atomic mass is 10.3. The normalized spacial score (nSPS) is 19.7. The van der Waals surface area contributed by atoms with Crippen molar-refractivity contribution in [1.82, 2.24) is 20.1 Å². The fourth-order valence-electron chi connectivity index (χ4n) is 2.13. The average Bonchev–Trinajstić information content (AvgIpc) is 2.95. The van der Waals surface area contributed by atoms with Crippen molar-refractivity contribution < 1.29 is 4.39 Å². The lowest BCUT2D eigenvalue weighted by Crippen LogP contribution is -2.55. The number of halogens is 2. The minimum atomic E-state index is -0.561. The van der Waals surface area contributed by atoms with Gasteiger partial charge in [0, 0.05) is 25.6 Å². The molecule has 3 N–H and O–H groups in total. The molecule has 0 aliphatic carbocycles. The summed E-state index contributed by atoms with van der Waals surface area (Å²) in [4.78, 5) is 9.93. The highest BCUT2D eigenvalue weighted by molar-refractivity contribution is 6.43. The number of amidine groups is 1. The van der Waals surface area contributed by atoms with E-state index in [0.717, 1.165) is 5.69 Å². The van der Waals surface area contributed by atoms with Gasteiger partial charge in [0.25, 0.3) is 0 Å². The molecule has 1 atom stereocenters. The van der Waals surface area contributed by atoms with E-state index >= 15 is 0 Å². The zero-order valence-corrected chi connectivity index (χ0v) is 13.1. The Morgan fingerprint density at radius 3 is 3.04 bits per heavy atom. The zero-order chi connectivity index (χ0) is 16.4. The Morgan fingerprint density at radius 2 is 2.35 bits per heavy atom. The Balaban J connectivity index is 1.80. The van der Waals surface area contributed by atoms with Crippen molar-refractivity contribution in [2.45, 2.75) is 12.8 Å². The van der Waals surface area contributed by atoms with Crippen LogP contribution in [-0.4, -0.2) is 26.9 Å². The van der Waals surface area contributed by atoms with E-state index in [1.54, 1.807) is 22.0 Å². The first kappa shape index (κ1) is 15.4. The molecule has 0 amide bonds. The Bertz CT molecular complexity index is 770. The second kappa shape index (κ2) is 6.35. The zero-order valence-electron chi connectivity index (χ0n) is 12.3. The van der Waals surface area contributed by atoms with Crippen LogP contribution in [0, 0.1) is 5.82 Å². The standard InChI is InChI=1S/C14H15ClFN7/c1-22-7-9(5-20-22)23-8-10(15)13(21-14(23)17)19-6-12-11(16)3-2-4-18-12/h2-5,7-8,14H,6,17H2,1H3,(H,19,21). The third-order valence-electron chi connectivity index (χ3n) is 3.27. The van der Waals surface area contributed by atoms with Crippen molar-refractivity contribution in [1.29, 1.82) is 0 Å². The van der Waals surface area contributed by atoms with Gasteiger partial charge in [0.2, 0.25) is 0 Å². The summed E-state index contributed by atoms with van der Waals surface area (Å²) >= 11 is 6.23. The smallest absolute Gasteiger partial charge is 0.158 e. The van der Waals surface area contributed by atoms with Crippen LogP contribution in [-0.2, 0) is 13.6 Å². The molecular weight excluding hydrogens is 321 g/mol. The molecule has 0 bridgehead atoms. The summed E-state index contributed by atoms with van der Waals surface area (Å²) in [6.07, 6.45) is 6.10. The molecule has 120 valence electrons. The van der Waals surface area contributed by atoms with Crippen LogP contribution in [0.15, 0.2) is 46.9 Å². The van der Waals surface area contributed by atoms with Crippen molar-refractivity contribution in [3.05, 3.63) is 53.5 Å². The second-order valence-corrected chi connectivity index (χ2v) is 5.35. The largest absolute Gasteiger partial charge is 0.337 e. The van der Waals surface area contributed by atoms with E-state index in [1.165, 1.54) is 18.3 Å². The SMILES string of the molecule is Cn1cc(N2C=C(Cl)C(=NCc3ncccc3F)NC2N)cn1. The number of hydrogen-bond acceptors (Lipinski definition) is 5. The van der Waals surface area contributed by atoms with Gasteiger partial charge in [-0.3, -0.25) is 20.4 Å². The first-order valence-electron chi connectivity index (χ1n) is 6.85. The van der Waals surface area contributed by atoms with Crippen LogP contribution in [0.3, 0.4) is 0 Å². The van der Waals surface area contributed by atoms with Crippen LogP contribution in [0.1, 0.15) is 5.69 Å². The fourth-order valence-corrected chi connectivity index (χ4v) is 2.35. The van der Waals surface area contributed by atoms with Gasteiger partial charge in [-0.15, -0.1) is 0 Å². The molecule has 0 spiro atoms. The number of aliphatic imine (C=N–C) groups is 1. The number of pyridine rings is 1. The molecule has 1 unspecified atom stereocenters. The van der Waals surface area contributed by atoms with Gasteiger partial charge in [0.1, 0.15) is 11.7 Å². The Hall–Kier alpha value is -2.45. The van der Waals surface area contributed by atoms with Gasteiger partial charge in [-0.2, -0.15) is 5.10 Å². The monoisotopic (exact) mass is 335 g/mol. The number of nitrogens with one attached hydrogen (secondary N) is 1. The molecule has 3 rings (SSSR count). The molecule has 7 nitrogen and oxygen atoms in total. The van der Waals surface area contributed by atoms with Crippen LogP contribution >= 0.6 is 11.6 Å². The Kier molecular flexibility index (Phi) is 4.26. The molecule has 0 radical (unpaired) electrons. The highest BCUT2D eigenvalue weighted by atomic mass is 35.5. The molecule has 0 fully saturated rings. The first-order chi connectivity index (χ1) is 11.0. The maximum absolute atomic E-state index is 13.6. The van der Waals surface area contributed by atoms with Gasteiger partial charge >= 0.3 is 0 Å². The number of nitrogens with zero attached hydrogens (tertiary/aromatic N) is 5. The van der Waals surface area contributed by atoms with Crippen molar-refractivity contribution in [2.24, 2.45) is 17.8 Å². The van der Waals surface area contributed by atoms with Crippen LogP contribution in [0.4, 0.5) is 10.1 Å². The maximum Gasteiger partial charge on any atom is 0.158 e. The quantitative estimate of drug-likeness (QED) is 0.883. The molecule has 3 heterocycles. The fraction of sp³-hybridized carbons (Fsp3) is 0.214. The second-order valence-electron chi connectivity index (χ2n) is 4.94. The molecule has 9 heteroatoms. The maximum atomic E-state index is 13.6. The van der Waals surface area contributed by atoms with Gasteiger partial charge in [-0.05, 0) is 12.1 Å². The lowest BCUT2D eigenvalue weighted by Gasteiger charge is -2.32. The summed E-state index contributed by atoms with van der Waals surface area (Å²) in [5.74, 6) is -0.0154. The highest BCUT2D eigenvalue weighted by Crippen LogP contribution is 2.20. The topological polar surface area (TPSA) is 84.4 Å². The van der Waals surface area contributed by atoms with Gasteiger partial charge in [0.05, 0.1) is 29.2 Å². The third kappa shape index (κ3) is 3.33. The number of anilines is 1. The van der Waals surface area contributed by atoms with E-state index < -0.39 is 12.1 Å². The van der Waals surface area contributed by atoms with Crippen LogP contribution in [0.2, 0.25) is 0 Å². The molecule has 1 aliphatic rings. The summed E-state index contributed by atoms with van der Waals surface area (Å²) in [6.45, 7) is 0.0681. The summed E-state index contributed by atoms with van der Waals surface area (Å²) < 4.78 is 15.2. The predicted molar refractivity (Wildman–Crippen MR) is 86.1 cm³/mol. The Labute approximate surface area is 137 Å². The van der Waals surface area contributed by atoms with E-state index in [0.29, 0.717) is 10.9 Å². The number of nitrogens with two attached hydrogens (primary N) is 1. The van der Waals surface area contributed by atoms with E-state index in [1.807, 2.05) is 13.2 Å². The third-order valence-corrected chi connectivity index (χ3v) is 3.55. The minimum absolute atomic E-state index is 0.0681. The number of hydrogen-bond donors (Lipinski definition) is 2. The van der Waals surface area contributed by atoms with Gasteiger partial charge < -0.3 is 10.2 Å². The molecule has 0 saturated carbocycles. The highest BCUT2D eigenvalue weighted by Gasteiger charge is 2.23. The van der Waals surface area contributed by atoms with Gasteiger partial charge in [-0.25, -0.2) is 4.39 Å². The van der Waals surface area contributed by atoms with Crippen molar-refractivity contribution in [2.75, 3.05) is 4.90 Å². The molecular formula is C14H15ClFN7.